The molecule has 2 heterocycles. The number of anilines is 1. The SMILES string of the molecule is COc1c[nH]c(C(=O)Nc2n[nH]c(COc3ccccc3)n2)cc1=O. The number of amides is 1. The van der Waals surface area contributed by atoms with Crippen LogP contribution in [-0.4, -0.2) is 33.2 Å². The molecule has 1 amide bonds. The Balaban J connectivity index is 1.62. The predicted octanol–water partition coefficient (Wildman–Crippen LogP) is 1.33. The first-order chi connectivity index (χ1) is 12.2. The van der Waals surface area contributed by atoms with E-state index in [1.165, 1.54) is 13.3 Å². The second kappa shape index (κ2) is 7.30. The van der Waals surface area contributed by atoms with Crippen LogP contribution >= 0.6 is 0 Å². The molecule has 25 heavy (non-hydrogen) atoms. The summed E-state index contributed by atoms with van der Waals surface area (Å²) in [6.07, 6.45) is 1.31. The number of aromatic amines is 2. The molecule has 0 radical (unpaired) electrons. The number of pyridine rings is 1. The summed E-state index contributed by atoms with van der Waals surface area (Å²) in [6, 6.07) is 10.4. The van der Waals surface area contributed by atoms with E-state index >= 15 is 0 Å². The summed E-state index contributed by atoms with van der Waals surface area (Å²) in [5.41, 5.74) is -0.337. The number of hydrogen-bond acceptors (Lipinski definition) is 6. The van der Waals surface area contributed by atoms with Crippen molar-refractivity contribution in [1.82, 2.24) is 20.2 Å². The van der Waals surface area contributed by atoms with E-state index in [-0.39, 0.29) is 24.0 Å². The lowest BCUT2D eigenvalue weighted by atomic mass is 10.3. The Morgan fingerprint density at radius 2 is 2.08 bits per heavy atom. The molecule has 3 aromatic rings. The third-order valence-electron chi connectivity index (χ3n) is 3.22. The van der Waals surface area contributed by atoms with Crippen molar-refractivity contribution in [2.24, 2.45) is 0 Å². The van der Waals surface area contributed by atoms with Gasteiger partial charge >= 0.3 is 0 Å². The van der Waals surface area contributed by atoms with Crippen LogP contribution in [0.3, 0.4) is 0 Å². The monoisotopic (exact) mass is 341 g/mol. The minimum atomic E-state index is -0.547. The zero-order chi connectivity index (χ0) is 17.6. The smallest absolute Gasteiger partial charge is 0.274 e. The maximum atomic E-state index is 12.1. The van der Waals surface area contributed by atoms with Crippen LogP contribution in [0.5, 0.6) is 11.5 Å². The van der Waals surface area contributed by atoms with Gasteiger partial charge < -0.3 is 14.5 Å². The second-order valence-electron chi connectivity index (χ2n) is 4.94. The Bertz CT molecular complexity index is 920. The van der Waals surface area contributed by atoms with Crippen LogP contribution < -0.4 is 20.2 Å². The van der Waals surface area contributed by atoms with Crippen LogP contribution in [0.15, 0.2) is 47.4 Å². The van der Waals surface area contributed by atoms with Gasteiger partial charge in [-0.2, -0.15) is 4.98 Å². The molecule has 0 fully saturated rings. The van der Waals surface area contributed by atoms with Gasteiger partial charge in [0.15, 0.2) is 11.6 Å². The van der Waals surface area contributed by atoms with Gasteiger partial charge in [0.1, 0.15) is 18.1 Å². The Morgan fingerprint density at radius 1 is 1.28 bits per heavy atom. The van der Waals surface area contributed by atoms with E-state index in [2.05, 4.69) is 25.5 Å². The number of benzene rings is 1. The first-order valence-electron chi connectivity index (χ1n) is 7.33. The molecule has 3 N–H and O–H groups in total. The average molecular weight is 341 g/mol. The minimum absolute atomic E-state index is 0.0673. The second-order valence-corrected chi connectivity index (χ2v) is 4.94. The predicted molar refractivity (Wildman–Crippen MR) is 88.7 cm³/mol. The summed E-state index contributed by atoms with van der Waals surface area (Å²) in [5.74, 6) is 0.792. The lowest BCUT2D eigenvalue weighted by Gasteiger charge is -2.03. The average Bonchev–Trinajstić information content (AvgIpc) is 3.08. The highest BCUT2D eigenvalue weighted by Gasteiger charge is 2.12. The zero-order valence-electron chi connectivity index (χ0n) is 13.3. The van der Waals surface area contributed by atoms with Crippen molar-refractivity contribution in [3.8, 4) is 11.5 Å². The zero-order valence-corrected chi connectivity index (χ0v) is 13.3. The fraction of sp³-hybridized carbons (Fsp3) is 0.125. The van der Waals surface area contributed by atoms with Crippen LogP contribution in [0, 0.1) is 0 Å². The number of H-pyrrole nitrogens is 2. The Morgan fingerprint density at radius 3 is 2.80 bits per heavy atom. The van der Waals surface area contributed by atoms with Crippen LogP contribution in [0.2, 0.25) is 0 Å². The molecule has 0 saturated heterocycles. The number of carbonyl (C=O) groups excluding carboxylic acids is 1. The lowest BCUT2D eigenvalue weighted by molar-refractivity contribution is 0.102. The molecule has 1 aromatic carbocycles. The Hall–Kier alpha value is -3.62. The molecule has 0 saturated carbocycles. The van der Waals surface area contributed by atoms with E-state index in [4.69, 9.17) is 9.47 Å². The van der Waals surface area contributed by atoms with Gasteiger partial charge in [0.25, 0.3) is 5.91 Å². The molecule has 0 aliphatic rings. The number of hydrogen-bond donors (Lipinski definition) is 3. The van der Waals surface area contributed by atoms with Crippen molar-refractivity contribution in [2.75, 3.05) is 12.4 Å². The first kappa shape index (κ1) is 16.2. The minimum Gasteiger partial charge on any atom is -0.491 e. The number of ether oxygens (including phenoxy) is 2. The molecule has 2 aromatic heterocycles. The quantitative estimate of drug-likeness (QED) is 0.622. The fourth-order valence-corrected chi connectivity index (χ4v) is 2.00. The molecule has 0 aliphatic heterocycles. The summed E-state index contributed by atoms with van der Waals surface area (Å²) < 4.78 is 10.4. The van der Waals surface area contributed by atoms with E-state index in [0.29, 0.717) is 11.6 Å². The number of methoxy groups -OCH3 is 1. The van der Waals surface area contributed by atoms with Gasteiger partial charge in [-0.1, -0.05) is 18.2 Å². The van der Waals surface area contributed by atoms with Crippen molar-refractivity contribution < 1.29 is 14.3 Å². The lowest BCUT2D eigenvalue weighted by Crippen LogP contribution is -2.18. The van der Waals surface area contributed by atoms with Crippen LogP contribution in [-0.2, 0) is 6.61 Å². The van der Waals surface area contributed by atoms with Gasteiger partial charge in [0.2, 0.25) is 11.4 Å². The number of rotatable bonds is 6. The number of para-hydroxylation sites is 1. The fourth-order valence-electron chi connectivity index (χ4n) is 2.00. The number of nitrogens with zero attached hydrogens (tertiary/aromatic N) is 2. The highest BCUT2D eigenvalue weighted by atomic mass is 16.5. The normalized spacial score (nSPS) is 10.3. The molecule has 0 atom stereocenters. The molecule has 3 rings (SSSR count). The Labute approximate surface area is 142 Å². The number of carbonyl (C=O) groups is 1. The molecule has 0 spiro atoms. The molecule has 0 bridgehead atoms. The summed E-state index contributed by atoms with van der Waals surface area (Å²) >= 11 is 0. The molecule has 9 nitrogen and oxygen atoms in total. The summed E-state index contributed by atoms with van der Waals surface area (Å²) in [4.78, 5) is 30.6. The number of aromatic nitrogens is 4. The summed E-state index contributed by atoms with van der Waals surface area (Å²) in [6.45, 7) is 0.173. The van der Waals surface area contributed by atoms with Gasteiger partial charge in [-0.05, 0) is 12.1 Å². The van der Waals surface area contributed by atoms with Gasteiger partial charge in [-0.15, -0.1) is 5.10 Å². The van der Waals surface area contributed by atoms with E-state index in [1.54, 1.807) is 0 Å². The topological polar surface area (TPSA) is 122 Å². The van der Waals surface area contributed by atoms with Crippen LogP contribution in [0.1, 0.15) is 16.3 Å². The largest absolute Gasteiger partial charge is 0.491 e. The van der Waals surface area contributed by atoms with E-state index in [0.717, 1.165) is 6.07 Å². The third kappa shape index (κ3) is 4.02. The molecule has 0 aliphatic carbocycles. The highest BCUT2D eigenvalue weighted by molar-refractivity contribution is 6.01. The van der Waals surface area contributed by atoms with Gasteiger partial charge in [-0.25, -0.2) is 0 Å². The van der Waals surface area contributed by atoms with Crippen molar-refractivity contribution in [3.05, 3.63) is 64.3 Å². The van der Waals surface area contributed by atoms with Gasteiger partial charge in [-0.3, -0.25) is 20.0 Å². The van der Waals surface area contributed by atoms with Crippen LogP contribution in [0.25, 0.3) is 0 Å². The number of nitrogens with one attached hydrogen (secondary N) is 3. The molecule has 128 valence electrons. The highest BCUT2D eigenvalue weighted by Crippen LogP contribution is 2.11. The first-order valence-corrected chi connectivity index (χ1v) is 7.33. The van der Waals surface area contributed by atoms with Crippen molar-refractivity contribution in [3.63, 3.8) is 0 Å². The standard InChI is InChI=1S/C16H15N5O4/c1-24-13-8-17-11(7-12(13)22)15(23)19-16-18-14(20-21-16)9-25-10-5-3-2-4-6-10/h2-8H,9H2,1H3,(H,17,22)(H2,18,19,20,21,23). The van der Waals surface area contributed by atoms with Crippen molar-refractivity contribution >= 4 is 11.9 Å². The van der Waals surface area contributed by atoms with Crippen molar-refractivity contribution in [1.29, 1.82) is 0 Å². The molecular weight excluding hydrogens is 326 g/mol. The van der Waals surface area contributed by atoms with Crippen molar-refractivity contribution in [2.45, 2.75) is 6.61 Å². The maximum absolute atomic E-state index is 12.1. The molecular formula is C16H15N5O4. The third-order valence-corrected chi connectivity index (χ3v) is 3.22. The Kier molecular flexibility index (Phi) is 4.74. The summed E-state index contributed by atoms with van der Waals surface area (Å²) in [7, 11) is 1.37. The van der Waals surface area contributed by atoms with Gasteiger partial charge in [0, 0.05) is 12.3 Å². The maximum Gasteiger partial charge on any atom is 0.274 e. The van der Waals surface area contributed by atoms with E-state index in [1.807, 2.05) is 30.3 Å². The summed E-state index contributed by atoms with van der Waals surface area (Å²) in [5, 5.41) is 9.04. The molecule has 9 heteroatoms. The van der Waals surface area contributed by atoms with E-state index in [9.17, 15) is 9.59 Å². The van der Waals surface area contributed by atoms with Gasteiger partial charge in [0.05, 0.1) is 7.11 Å². The van der Waals surface area contributed by atoms with Crippen LogP contribution in [0.4, 0.5) is 5.95 Å². The van der Waals surface area contributed by atoms with E-state index < -0.39 is 11.3 Å². The molecule has 0 unspecified atom stereocenters.